The summed E-state index contributed by atoms with van der Waals surface area (Å²) in [6.07, 6.45) is 3.05. The molecule has 1 unspecified atom stereocenters. The van der Waals surface area contributed by atoms with Crippen LogP contribution in [0.5, 0.6) is 0 Å². The topological polar surface area (TPSA) is 75.4 Å². The predicted molar refractivity (Wildman–Crippen MR) is 46.8 cm³/mol. The summed E-state index contributed by atoms with van der Waals surface area (Å²) in [5.41, 5.74) is 2.60. The molecule has 1 aliphatic rings. The summed E-state index contributed by atoms with van der Waals surface area (Å²) in [5.74, 6) is 5.24. The van der Waals surface area contributed by atoms with Crippen molar-refractivity contribution in [3.8, 4) is 0 Å². The van der Waals surface area contributed by atoms with E-state index in [0.29, 0.717) is 13.1 Å². The minimum absolute atomic E-state index is 0.105. The third-order valence-electron chi connectivity index (χ3n) is 2.09. The van der Waals surface area contributed by atoms with Gasteiger partial charge in [-0.2, -0.15) is 0 Å². The summed E-state index contributed by atoms with van der Waals surface area (Å²) < 4.78 is 23.7. The first-order valence-electron chi connectivity index (χ1n) is 3.95. The van der Waals surface area contributed by atoms with E-state index in [-0.39, 0.29) is 6.04 Å². The Morgan fingerprint density at radius 2 is 2.25 bits per heavy atom. The molecule has 12 heavy (non-hydrogen) atoms. The van der Waals surface area contributed by atoms with Crippen LogP contribution in [-0.4, -0.2) is 38.1 Å². The molecule has 1 saturated heterocycles. The van der Waals surface area contributed by atoms with Crippen molar-refractivity contribution in [1.29, 1.82) is 0 Å². The SMILES string of the molecule is CS(=O)(=O)N1CCCC(NN)C1. The Balaban J connectivity index is 2.58. The standard InChI is InChI=1S/C6H15N3O2S/c1-12(10,11)9-4-2-3-6(5-9)8-7/h6,8H,2-5,7H2,1H3. The Morgan fingerprint density at radius 1 is 1.58 bits per heavy atom. The lowest BCUT2D eigenvalue weighted by molar-refractivity contribution is 0.287. The van der Waals surface area contributed by atoms with Crippen LogP contribution in [0.25, 0.3) is 0 Å². The maximum Gasteiger partial charge on any atom is 0.211 e. The van der Waals surface area contributed by atoms with Crippen molar-refractivity contribution in [1.82, 2.24) is 9.73 Å². The molecule has 0 bridgehead atoms. The zero-order valence-corrected chi connectivity index (χ0v) is 7.97. The maximum absolute atomic E-state index is 11.1. The molecular formula is C6H15N3O2S. The highest BCUT2D eigenvalue weighted by atomic mass is 32.2. The lowest BCUT2D eigenvalue weighted by Crippen LogP contribution is -2.49. The Labute approximate surface area is 72.9 Å². The van der Waals surface area contributed by atoms with E-state index >= 15 is 0 Å². The number of nitrogens with zero attached hydrogens (tertiary/aromatic N) is 1. The highest BCUT2D eigenvalue weighted by molar-refractivity contribution is 7.88. The van der Waals surface area contributed by atoms with Crippen LogP contribution in [0.1, 0.15) is 12.8 Å². The molecule has 5 nitrogen and oxygen atoms in total. The van der Waals surface area contributed by atoms with Crippen LogP contribution in [0.3, 0.4) is 0 Å². The van der Waals surface area contributed by atoms with E-state index in [2.05, 4.69) is 5.43 Å². The second-order valence-electron chi connectivity index (χ2n) is 3.13. The molecule has 0 amide bonds. The normalized spacial score (nSPS) is 27.3. The third-order valence-corrected chi connectivity index (χ3v) is 3.36. The Hall–Kier alpha value is -0.170. The van der Waals surface area contributed by atoms with Gasteiger partial charge in [0.2, 0.25) is 10.0 Å². The van der Waals surface area contributed by atoms with E-state index in [9.17, 15) is 8.42 Å². The zero-order chi connectivity index (χ0) is 9.19. The van der Waals surface area contributed by atoms with Crippen LogP contribution in [-0.2, 0) is 10.0 Å². The van der Waals surface area contributed by atoms with Gasteiger partial charge in [0.05, 0.1) is 6.26 Å². The second-order valence-corrected chi connectivity index (χ2v) is 5.11. The smallest absolute Gasteiger partial charge is 0.211 e. The minimum atomic E-state index is -3.03. The molecule has 3 N–H and O–H groups in total. The summed E-state index contributed by atoms with van der Waals surface area (Å²) in [4.78, 5) is 0. The lowest BCUT2D eigenvalue weighted by atomic mass is 10.1. The number of nitrogens with one attached hydrogen (secondary N) is 1. The number of hydrazine groups is 1. The van der Waals surface area contributed by atoms with Crippen LogP contribution >= 0.6 is 0 Å². The van der Waals surface area contributed by atoms with Gasteiger partial charge in [0.25, 0.3) is 0 Å². The van der Waals surface area contributed by atoms with Gasteiger partial charge in [-0.25, -0.2) is 12.7 Å². The average molecular weight is 193 g/mol. The molecule has 0 radical (unpaired) electrons. The number of nitrogens with two attached hydrogens (primary N) is 1. The first-order valence-corrected chi connectivity index (χ1v) is 5.80. The minimum Gasteiger partial charge on any atom is -0.271 e. The van der Waals surface area contributed by atoms with E-state index in [1.54, 1.807) is 0 Å². The fourth-order valence-corrected chi connectivity index (χ4v) is 2.29. The van der Waals surface area contributed by atoms with E-state index in [1.165, 1.54) is 10.6 Å². The Morgan fingerprint density at radius 3 is 2.75 bits per heavy atom. The number of hydrogen-bond donors (Lipinski definition) is 2. The highest BCUT2D eigenvalue weighted by Crippen LogP contribution is 2.11. The number of hydrogen-bond acceptors (Lipinski definition) is 4. The van der Waals surface area contributed by atoms with Crippen LogP contribution in [0, 0.1) is 0 Å². The summed E-state index contributed by atoms with van der Waals surface area (Å²) >= 11 is 0. The molecule has 0 aromatic rings. The molecule has 1 fully saturated rings. The van der Waals surface area contributed by atoms with Gasteiger partial charge >= 0.3 is 0 Å². The first-order chi connectivity index (χ1) is 5.54. The van der Waals surface area contributed by atoms with Crippen LogP contribution in [0.4, 0.5) is 0 Å². The van der Waals surface area contributed by atoms with Crippen molar-refractivity contribution in [3.63, 3.8) is 0 Å². The van der Waals surface area contributed by atoms with E-state index in [4.69, 9.17) is 5.84 Å². The monoisotopic (exact) mass is 193 g/mol. The molecule has 0 spiro atoms. The fourth-order valence-electron chi connectivity index (χ4n) is 1.38. The van der Waals surface area contributed by atoms with E-state index < -0.39 is 10.0 Å². The molecule has 1 rings (SSSR count). The Bertz CT molecular complexity index is 239. The van der Waals surface area contributed by atoms with Crippen molar-refractivity contribution < 1.29 is 8.42 Å². The van der Waals surface area contributed by atoms with Gasteiger partial charge in [-0.15, -0.1) is 0 Å². The quantitative estimate of drug-likeness (QED) is 0.430. The van der Waals surface area contributed by atoms with E-state index in [1.807, 2.05) is 0 Å². The molecular weight excluding hydrogens is 178 g/mol. The first kappa shape index (κ1) is 9.91. The van der Waals surface area contributed by atoms with E-state index in [0.717, 1.165) is 12.8 Å². The summed E-state index contributed by atoms with van der Waals surface area (Å²) in [7, 11) is -3.03. The van der Waals surface area contributed by atoms with Crippen molar-refractivity contribution in [2.45, 2.75) is 18.9 Å². The maximum atomic E-state index is 11.1. The molecule has 1 aliphatic heterocycles. The lowest BCUT2D eigenvalue weighted by Gasteiger charge is -2.30. The molecule has 0 aromatic heterocycles. The van der Waals surface area contributed by atoms with Gasteiger partial charge in [-0.05, 0) is 12.8 Å². The fraction of sp³-hybridized carbons (Fsp3) is 1.00. The molecule has 72 valence electrons. The van der Waals surface area contributed by atoms with Crippen molar-refractivity contribution >= 4 is 10.0 Å². The van der Waals surface area contributed by atoms with Crippen molar-refractivity contribution in [2.75, 3.05) is 19.3 Å². The number of piperidine rings is 1. The average Bonchev–Trinajstić information content (AvgIpc) is 2.03. The largest absolute Gasteiger partial charge is 0.271 e. The molecule has 0 saturated carbocycles. The van der Waals surface area contributed by atoms with Gasteiger partial charge in [-0.1, -0.05) is 0 Å². The molecule has 6 heteroatoms. The molecule has 0 aromatic carbocycles. The molecule has 1 heterocycles. The molecule has 1 atom stereocenters. The van der Waals surface area contributed by atoms with Crippen LogP contribution in [0.15, 0.2) is 0 Å². The predicted octanol–water partition coefficient (Wildman–Crippen LogP) is -1.13. The molecule has 0 aliphatic carbocycles. The van der Waals surface area contributed by atoms with Gasteiger partial charge < -0.3 is 0 Å². The summed E-state index contributed by atoms with van der Waals surface area (Å²) in [6, 6.07) is 0.105. The highest BCUT2D eigenvalue weighted by Gasteiger charge is 2.24. The number of rotatable bonds is 2. The second kappa shape index (κ2) is 3.69. The van der Waals surface area contributed by atoms with Gasteiger partial charge in [0.15, 0.2) is 0 Å². The van der Waals surface area contributed by atoms with Crippen molar-refractivity contribution in [2.24, 2.45) is 5.84 Å². The van der Waals surface area contributed by atoms with Crippen molar-refractivity contribution in [3.05, 3.63) is 0 Å². The number of sulfonamides is 1. The van der Waals surface area contributed by atoms with Gasteiger partial charge in [0.1, 0.15) is 0 Å². The summed E-state index contributed by atoms with van der Waals surface area (Å²) in [5, 5.41) is 0. The zero-order valence-electron chi connectivity index (χ0n) is 7.16. The summed E-state index contributed by atoms with van der Waals surface area (Å²) in [6.45, 7) is 1.12. The Kier molecular flexibility index (Phi) is 3.05. The van der Waals surface area contributed by atoms with Gasteiger partial charge in [-0.3, -0.25) is 11.3 Å². The van der Waals surface area contributed by atoms with Crippen LogP contribution in [0.2, 0.25) is 0 Å². The van der Waals surface area contributed by atoms with Crippen LogP contribution < -0.4 is 11.3 Å². The third kappa shape index (κ3) is 2.41. The van der Waals surface area contributed by atoms with Gasteiger partial charge in [0, 0.05) is 19.1 Å².